The summed E-state index contributed by atoms with van der Waals surface area (Å²) in [5, 5.41) is 12.1. The van der Waals surface area contributed by atoms with Gasteiger partial charge in [0.25, 0.3) is 11.8 Å². The molecule has 0 radical (unpaired) electrons. The first kappa shape index (κ1) is 37.3. The number of fused-ring (bicyclic) bond motifs is 1. The lowest BCUT2D eigenvalue weighted by molar-refractivity contribution is -0.136. The van der Waals surface area contributed by atoms with Crippen LogP contribution in [-0.4, -0.2) is 87.4 Å². The molecule has 12 nitrogen and oxygen atoms in total. The van der Waals surface area contributed by atoms with Gasteiger partial charge < -0.3 is 14.6 Å². The third kappa shape index (κ3) is 7.90. The quantitative estimate of drug-likeness (QED) is 0.108. The molecule has 2 fully saturated rings. The van der Waals surface area contributed by atoms with Gasteiger partial charge in [-0.15, -0.1) is 0 Å². The van der Waals surface area contributed by atoms with Gasteiger partial charge in [-0.3, -0.25) is 34.3 Å². The van der Waals surface area contributed by atoms with Crippen molar-refractivity contribution in [1.29, 1.82) is 0 Å². The number of aromatic hydroxyl groups is 1. The number of piperidine rings is 1. The van der Waals surface area contributed by atoms with Gasteiger partial charge in [-0.2, -0.15) is 0 Å². The number of imide groups is 2. The molecule has 1 aromatic heterocycles. The number of hydrogen-bond acceptors (Lipinski definition) is 10. The van der Waals surface area contributed by atoms with E-state index in [2.05, 4.69) is 63.5 Å². The van der Waals surface area contributed by atoms with Crippen molar-refractivity contribution in [1.82, 2.24) is 25.1 Å². The van der Waals surface area contributed by atoms with Gasteiger partial charge in [0, 0.05) is 37.5 Å². The van der Waals surface area contributed by atoms with Crippen LogP contribution in [0.4, 0.5) is 0 Å². The minimum atomic E-state index is -1.02. The molecule has 0 aliphatic carbocycles. The third-order valence-electron chi connectivity index (χ3n) is 10.6. The van der Waals surface area contributed by atoms with Gasteiger partial charge in [0.15, 0.2) is 0 Å². The molecule has 0 spiro atoms. The molecule has 2 saturated heterocycles. The van der Waals surface area contributed by atoms with Gasteiger partial charge in [0.05, 0.1) is 35.8 Å². The maximum absolute atomic E-state index is 13.2. The number of phenolic OH excluding ortho intramolecular Hbond substituents is 1. The predicted molar refractivity (Wildman–Crippen MR) is 212 cm³/mol. The molecular weight excluding hydrogens is 723 g/mol. The first-order valence-electron chi connectivity index (χ1n) is 19.1. The lowest BCUT2D eigenvalue weighted by atomic mass is 9.88. The summed E-state index contributed by atoms with van der Waals surface area (Å²) in [7, 11) is 0. The van der Waals surface area contributed by atoms with Gasteiger partial charge in [0.1, 0.15) is 24.1 Å². The fraction of sp³-hybridized carbons (Fsp3) is 0.244. The number of nitrogens with zero attached hydrogens (tertiary/aromatic N) is 4. The smallest absolute Gasteiger partial charge is 0.262 e. The molecule has 5 aromatic rings. The molecule has 0 saturated carbocycles. The molecule has 1 atom stereocenters. The summed E-state index contributed by atoms with van der Waals surface area (Å²) in [4.78, 5) is 62.3. The second-order valence-electron chi connectivity index (χ2n) is 14.4. The number of ether oxygens (including phenoxy) is 2. The fourth-order valence-electron chi connectivity index (χ4n) is 7.66. The van der Waals surface area contributed by atoms with Crippen LogP contribution >= 0.6 is 0 Å². The normalized spacial score (nSPS) is 17.5. The van der Waals surface area contributed by atoms with E-state index in [0.717, 1.165) is 53.4 Å². The maximum Gasteiger partial charge on any atom is 0.262 e. The van der Waals surface area contributed by atoms with Crippen molar-refractivity contribution in [3.05, 3.63) is 137 Å². The van der Waals surface area contributed by atoms with E-state index in [9.17, 15) is 24.3 Å². The van der Waals surface area contributed by atoms with Crippen LogP contribution in [0.5, 0.6) is 17.4 Å². The lowest BCUT2D eigenvalue weighted by Gasteiger charge is -2.38. The zero-order chi connectivity index (χ0) is 39.5. The summed E-state index contributed by atoms with van der Waals surface area (Å²) >= 11 is 0. The Bertz CT molecular complexity index is 2340. The topological polar surface area (TPSA) is 151 Å². The van der Waals surface area contributed by atoms with Crippen molar-refractivity contribution in [2.24, 2.45) is 5.92 Å². The predicted octanol–water partition coefficient (Wildman–Crippen LogP) is 6.01. The molecule has 12 heteroatoms. The van der Waals surface area contributed by atoms with Crippen LogP contribution in [0.2, 0.25) is 0 Å². The van der Waals surface area contributed by atoms with Crippen molar-refractivity contribution in [2.75, 3.05) is 32.8 Å². The van der Waals surface area contributed by atoms with Crippen LogP contribution in [0.3, 0.4) is 0 Å². The molecule has 4 amide bonds. The Hall–Kier alpha value is -6.66. The van der Waals surface area contributed by atoms with E-state index in [0.29, 0.717) is 36.3 Å². The van der Waals surface area contributed by atoms with Crippen molar-refractivity contribution in [3.8, 4) is 28.6 Å². The maximum atomic E-state index is 13.2. The largest absolute Gasteiger partial charge is 0.508 e. The summed E-state index contributed by atoms with van der Waals surface area (Å²) in [5.74, 6) is -0.425. The molecule has 2 N–H and O–H groups in total. The Labute approximate surface area is 329 Å². The third-order valence-corrected chi connectivity index (χ3v) is 10.6. The zero-order valence-electron chi connectivity index (χ0n) is 31.4. The Kier molecular flexibility index (Phi) is 10.6. The number of aromatic nitrogens is 2. The van der Waals surface area contributed by atoms with Crippen molar-refractivity contribution in [2.45, 2.75) is 32.2 Å². The van der Waals surface area contributed by atoms with Crippen LogP contribution in [0, 0.1) is 5.92 Å². The van der Waals surface area contributed by atoms with Crippen LogP contribution in [0.25, 0.3) is 22.4 Å². The Morgan fingerprint density at radius 1 is 0.807 bits per heavy atom. The highest BCUT2D eigenvalue weighted by atomic mass is 16.5. The highest BCUT2D eigenvalue weighted by Crippen LogP contribution is 2.36. The summed E-state index contributed by atoms with van der Waals surface area (Å²) in [6.45, 7) is 5.77. The van der Waals surface area contributed by atoms with Crippen LogP contribution in [0.15, 0.2) is 109 Å². The monoisotopic (exact) mass is 763 g/mol. The number of likely N-dealkylation sites (tertiary alicyclic amines) is 1. The van der Waals surface area contributed by atoms with Crippen molar-refractivity contribution < 1.29 is 33.8 Å². The fourth-order valence-corrected chi connectivity index (χ4v) is 7.66. The number of carbonyl (C=O) groups excluding carboxylic acids is 4. The van der Waals surface area contributed by atoms with E-state index in [1.54, 1.807) is 36.5 Å². The number of benzene rings is 4. The SMILES string of the molecule is CC/C(=C(\c1ccc(O)cc1)c1ccc(OCCN2CC(COc3cnc(-c4ccc5c(c4)C(=O)N(C4CCC(=O)NC4=O)C5=O)cn3)C2)cc1)c1ccccc1. The molecule has 4 aromatic carbocycles. The van der Waals surface area contributed by atoms with E-state index in [1.165, 1.54) is 17.3 Å². The summed E-state index contributed by atoms with van der Waals surface area (Å²) in [6.07, 6.45) is 4.10. The number of rotatable bonds is 13. The molecule has 4 heterocycles. The Morgan fingerprint density at radius 3 is 2.21 bits per heavy atom. The first-order chi connectivity index (χ1) is 27.7. The van der Waals surface area contributed by atoms with E-state index >= 15 is 0 Å². The van der Waals surface area contributed by atoms with Gasteiger partial charge in [-0.25, -0.2) is 9.97 Å². The number of allylic oxidation sites excluding steroid dienone is 1. The Morgan fingerprint density at radius 2 is 1.53 bits per heavy atom. The minimum Gasteiger partial charge on any atom is -0.508 e. The van der Waals surface area contributed by atoms with Crippen molar-refractivity contribution in [3.63, 3.8) is 0 Å². The summed E-state index contributed by atoms with van der Waals surface area (Å²) in [6, 6.07) is 29.7. The molecule has 8 rings (SSSR count). The second kappa shape index (κ2) is 16.2. The van der Waals surface area contributed by atoms with Gasteiger partial charge in [0.2, 0.25) is 17.7 Å². The van der Waals surface area contributed by atoms with Crippen LogP contribution in [-0.2, 0) is 9.59 Å². The molecule has 288 valence electrons. The van der Waals surface area contributed by atoms with Gasteiger partial charge in [-0.1, -0.05) is 67.6 Å². The average Bonchev–Trinajstić information content (AvgIpc) is 3.46. The molecule has 3 aliphatic rings. The molecular formula is C45H41N5O7. The van der Waals surface area contributed by atoms with Gasteiger partial charge in [-0.05, 0) is 77.1 Å². The number of nitrogens with one attached hydrogen (secondary N) is 1. The molecule has 1 unspecified atom stereocenters. The van der Waals surface area contributed by atoms with Gasteiger partial charge >= 0.3 is 0 Å². The van der Waals surface area contributed by atoms with Crippen LogP contribution < -0.4 is 14.8 Å². The zero-order valence-corrected chi connectivity index (χ0v) is 31.4. The summed E-state index contributed by atoms with van der Waals surface area (Å²) in [5.41, 5.74) is 7.13. The number of amides is 4. The van der Waals surface area contributed by atoms with E-state index in [4.69, 9.17) is 9.47 Å². The van der Waals surface area contributed by atoms with E-state index in [1.807, 2.05) is 30.3 Å². The average molecular weight is 764 g/mol. The highest BCUT2D eigenvalue weighted by molar-refractivity contribution is 6.23. The molecule has 3 aliphatic heterocycles. The van der Waals surface area contributed by atoms with E-state index < -0.39 is 29.7 Å². The Balaban J connectivity index is 0.807. The highest BCUT2D eigenvalue weighted by Gasteiger charge is 2.44. The molecule has 57 heavy (non-hydrogen) atoms. The number of hydrogen-bond donors (Lipinski definition) is 2. The summed E-state index contributed by atoms with van der Waals surface area (Å²) < 4.78 is 12.1. The van der Waals surface area contributed by atoms with E-state index in [-0.39, 0.29) is 29.7 Å². The van der Waals surface area contributed by atoms with Crippen LogP contribution in [0.1, 0.15) is 63.6 Å². The molecule has 0 bridgehead atoms. The standard InChI is InChI=1S/C45H41N5O7/c1-2-35(29-6-4-3-5-7-29)42(30-8-13-33(51)14-9-30)31-10-15-34(16-11-31)56-21-20-49-25-28(26-49)27-57-41-24-46-38(23-47-41)32-12-17-36-37(22-32)45(55)50(44(36)54)39-18-19-40(52)48-43(39)53/h3-17,22-24,28,39,51H,2,18-21,25-27H2,1H3,(H,48,52,53)/b42-35-. The minimum absolute atomic E-state index is 0.0593. The second-order valence-corrected chi connectivity index (χ2v) is 14.4. The first-order valence-corrected chi connectivity index (χ1v) is 19.1. The number of phenols is 1. The van der Waals surface area contributed by atoms with Crippen molar-refractivity contribution >= 4 is 34.8 Å². The number of carbonyl (C=O) groups is 4. The lowest BCUT2D eigenvalue weighted by Crippen LogP contribution is -2.54.